The highest BCUT2D eigenvalue weighted by Crippen LogP contribution is 2.29. The molecule has 2 aromatic carbocycles. The molecule has 5 nitrogen and oxygen atoms in total. The Morgan fingerprint density at radius 3 is 2.68 bits per heavy atom. The number of carbonyl (C=O) groups excluding carboxylic acids is 1. The molecule has 0 saturated heterocycles. The summed E-state index contributed by atoms with van der Waals surface area (Å²) in [5.74, 6) is -0.408. The Bertz CT molecular complexity index is 829. The highest BCUT2D eigenvalue weighted by atomic mass is 19.3. The van der Waals surface area contributed by atoms with Crippen LogP contribution in [0.1, 0.15) is 11.1 Å². The lowest BCUT2D eigenvalue weighted by atomic mass is 10.1. The number of nitrogens with zero attached hydrogens (tertiary/aromatic N) is 1. The van der Waals surface area contributed by atoms with Crippen molar-refractivity contribution in [1.29, 1.82) is 5.26 Å². The van der Waals surface area contributed by atoms with Crippen LogP contribution in [0.2, 0.25) is 0 Å². The molecule has 0 aromatic heterocycles. The molecular formula is C18H14F2N2O3. The zero-order valence-corrected chi connectivity index (χ0v) is 13.2. The summed E-state index contributed by atoms with van der Waals surface area (Å²) in [6, 6.07) is 12.9. The van der Waals surface area contributed by atoms with Crippen LogP contribution in [0.5, 0.6) is 11.5 Å². The molecule has 0 unspecified atom stereocenters. The zero-order chi connectivity index (χ0) is 18.2. The molecule has 0 atom stereocenters. The van der Waals surface area contributed by atoms with Crippen molar-refractivity contribution in [3.8, 4) is 17.6 Å². The second-order valence-corrected chi connectivity index (χ2v) is 4.77. The van der Waals surface area contributed by atoms with E-state index in [1.54, 1.807) is 24.3 Å². The number of methoxy groups -OCH3 is 1. The minimum Gasteiger partial charge on any atom is -0.493 e. The molecule has 2 rings (SSSR count). The molecule has 25 heavy (non-hydrogen) atoms. The fraction of sp³-hybridized carbons (Fsp3) is 0.111. The number of hydrogen-bond acceptors (Lipinski definition) is 4. The number of nitriles is 1. The summed E-state index contributed by atoms with van der Waals surface area (Å²) < 4.78 is 33.9. The van der Waals surface area contributed by atoms with Crippen LogP contribution in [-0.4, -0.2) is 19.6 Å². The normalized spacial score (nSPS) is 10.5. The van der Waals surface area contributed by atoms with Crippen LogP contribution in [0, 0.1) is 11.3 Å². The molecule has 1 amide bonds. The molecule has 0 radical (unpaired) electrons. The number of para-hydroxylation sites is 1. The number of carbonyl (C=O) groups is 1. The van der Waals surface area contributed by atoms with Crippen molar-refractivity contribution in [2.75, 3.05) is 12.4 Å². The van der Waals surface area contributed by atoms with Gasteiger partial charge in [-0.3, -0.25) is 4.79 Å². The molecule has 0 aliphatic heterocycles. The molecule has 0 heterocycles. The number of ether oxygens (including phenoxy) is 2. The first-order chi connectivity index (χ1) is 12.0. The quantitative estimate of drug-likeness (QED) is 0.809. The maximum atomic E-state index is 12.3. The van der Waals surface area contributed by atoms with Crippen molar-refractivity contribution < 1.29 is 23.0 Å². The minimum atomic E-state index is -2.96. The van der Waals surface area contributed by atoms with Gasteiger partial charge in [-0.05, 0) is 35.9 Å². The minimum absolute atomic E-state index is 0.0953. The van der Waals surface area contributed by atoms with Crippen LogP contribution >= 0.6 is 0 Å². The number of alkyl halides is 2. The van der Waals surface area contributed by atoms with E-state index < -0.39 is 12.5 Å². The standard InChI is InChI=1S/C18H14F2N2O3/c1-24-16-10-12(6-8-15(16)25-18(19)20)7-9-17(23)22-14-5-3-2-4-13(14)11-21/h2-10,18H,1H3,(H,22,23)/b9-7+. The van der Waals surface area contributed by atoms with Gasteiger partial charge < -0.3 is 14.8 Å². The molecule has 0 fully saturated rings. The third kappa shape index (κ3) is 5.04. The molecule has 128 valence electrons. The lowest BCUT2D eigenvalue weighted by Gasteiger charge is -2.10. The third-order valence-electron chi connectivity index (χ3n) is 3.14. The summed E-state index contributed by atoms with van der Waals surface area (Å²) in [4.78, 5) is 12.0. The molecule has 0 saturated carbocycles. The number of anilines is 1. The molecule has 7 heteroatoms. The van der Waals surface area contributed by atoms with Crippen molar-refractivity contribution in [2.24, 2.45) is 0 Å². The summed E-state index contributed by atoms with van der Waals surface area (Å²) in [5, 5.41) is 11.6. The predicted octanol–water partition coefficient (Wildman–Crippen LogP) is 3.82. The van der Waals surface area contributed by atoms with Crippen molar-refractivity contribution >= 4 is 17.7 Å². The summed E-state index contributed by atoms with van der Waals surface area (Å²) in [5.41, 5.74) is 1.31. The van der Waals surface area contributed by atoms with Crippen LogP contribution in [0.4, 0.5) is 14.5 Å². The van der Waals surface area contributed by atoms with Gasteiger partial charge >= 0.3 is 6.61 Å². The fourth-order valence-corrected chi connectivity index (χ4v) is 2.02. The zero-order valence-electron chi connectivity index (χ0n) is 13.2. The lowest BCUT2D eigenvalue weighted by Crippen LogP contribution is -2.08. The van der Waals surface area contributed by atoms with Gasteiger partial charge in [0.15, 0.2) is 11.5 Å². The number of rotatable bonds is 6. The van der Waals surface area contributed by atoms with Gasteiger partial charge in [-0.2, -0.15) is 14.0 Å². The van der Waals surface area contributed by atoms with Crippen LogP contribution in [0.3, 0.4) is 0 Å². The molecule has 2 aromatic rings. The van der Waals surface area contributed by atoms with E-state index in [-0.39, 0.29) is 11.5 Å². The Hall–Kier alpha value is -3.40. The Morgan fingerprint density at radius 2 is 2.00 bits per heavy atom. The number of hydrogen-bond donors (Lipinski definition) is 1. The largest absolute Gasteiger partial charge is 0.493 e. The summed E-state index contributed by atoms with van der Waals surface area (Å²) >= 11 is 0. The van der Waals surface area contributed by atoms with E-state index >= 15 is 0 Å². The SMILES string of the molecule is COc1cc(/C=C/C(=O)Nc2ccccc2C#N)ccc1OC(F)F. The third-order valence-corrected chi connectivity index (χ3v) is 3.14. The van der Waals surface area contributed by atoms with Crippen LogP contribution < -0.4 is 14.8 Å². The van der Waals surface area contributed by atoms with Crippen molar-refractivity contribution in [3.63, 3.8) is 0 Å². The number of nitrogens with one attached hydrogen (secondary N) is 1. The van der Waals surface area contributed by atoms with Crippen LogP contribution in [-0.2, 0) is 4.79 Å². The first kappa shape index (κ1) is 17.9. The molecule has 0 spiro atoms. The first-order valence-electron chi connectivity index (χ1n) is 7.14. The average molecular weight is 344 g/mol. The Balaban J connectivity index is 2.10. The van der Waals surface area contributed by atoms with E-state index in [1.807, 2.05) is 6.07 Å². The molecule has 1 N–H and O–H groups in total. The van der Waals surface area contributed by atoms with Crippen LogP contribution in [0.25, 0.3) is 6.08 Å². The van der Waals surface area contributed by atoms with Gasteiger partial charge in [0, 0.05) is 6.08 Å². The maximum absolute atomic E-state index is 12.3. The second-order valence-electron chi connectivity index (χ2n) is 4.77. The lowest BCUT2D eigenvalue weighted by molar-refractivity contribution is -0.111. The van der Waals surface area contributed by atoms with Gasteiger partial charge in [0.2, 0.25) is 5.91 Å². The summed E-state index contributed by atoms with van der Waals surface area (Å²) in [6.07, 6.45) is 2.75. The molecule has 0 bridgehead atoms. The Kier molecular flexibility index (Phi) is 6.07. The number of amides is 1. The van der Waals surface area contributed by atoms with Crippen molar-refractivity contribution in [2.45, 2.75) is 6.61 Å². The van der Waals surface area contributed by atoms with Gasteiger partial charge in [-0.25, -0.2) is 0 Å². The summed E-state index contributed by atoms with van der Waals surface area (Å²) in [7, 11) is 1.33. The Labute approximate surface area is 143 Å². The second kappa shape index (κ2) is 8.45. The number of halogens is 2. The van der Waals surface area contributed by atoms with E-state index in [1.165, 1.54) is 37.5 Å². The number of benzene rings is 2. The molecule has 0 aliphatic carbocycles. The van der Waals surface area contributed by atoms with E-state index in [9.17, 15) is 13.6 Å². The van der Waals surface area contributed by atoms with Crippen molar-refractivity contribution in [3.05, 3.63) is 59.7 Å². The van der Waals surface area contributed by atoms with Gasteiger partial charge in [0.05, 0.1) is 18.4 Å². The van der Waals surface area contributed by atoms with E-state index in [0.717, 1.165) is 0 Å². The molecular weight excluding hydrogens is 330 g/mol. The van der Waals surface area contributed by atoms with Crippen LogP contribution in [0.15, 0.2) is 48.5 Å². The first-order valence-corrected chi connectivity index (χ1v) is 7.14. The average Bonchev–Trinajstić information content (AvgIpc) is 2.60. The van der Waals surface area contributed by atoms with Gasteiger partial charge in [0.1, 0.15) is 6.07 Å². The molecule has 0 aliphatic rings. The van der Waals surface area contributed by atoms with E-state index in [2.05, 4.69) is 10.1 Å². The van der Waals surface area contributed by atoms with Gasteiger partial charge in [-0.1, -0.05) is 18.2 Å². The van der Waals surface area contributed by atoms with Gasteiger partial charge in [0.25, 0.3) is 0 Å². The van der Waals surface area contributed by atoms with Crippen molar-refractivity contribution in [1.82, 2.24) is 0 Å². The highest BCUT2D eigenvalue weighted by Gasteiger charge is 2.10. The van der Waals surface area contributed by atoms with E-state index in [4.69, 9.17) is 10.00 Å². The smallest absolute Gasteiger partial charge is 0.387 e. The topological polar surface area (TPSA) is 71.3 Å². The highest BCUT2D eigenvalue weighted by molar-refractivity contribution is 6.02. The van der Waals surface area contributed by atoms with Gasteiger partial charge in [-0.15, -0.1) is 0 Å². The maximum Gasteiger partial charge on any atom is 0.387 e. The predicted molar refractivity (Wildman–Crippen MR) is 88.4 cm³/mol. The Morgan fingerprint density at radius 1 is 1.24 bits per heavy atom. The monoisotopic (exact) mass is 344 g/mol. The summed E-state index contributed by atoms with van der Waals surface area (Å²) in [6.45, 7) is -2.96. The fourth-order valence-electron chi connectivity index (χ4n) is 2.02. The van der Waals surface area contributed by atoms with E-state index in [0.29, 0.717) is 16.8 Å².